The third kappa shape index (κ3) is 4.63. The van der Waals surface area contributed by atoms with Crippen molar-refractivity contribution in [3.63, 3.8) is 0 Å². The van der Waals surface area contributed by atoms with E-state index < -0.39 is 17.7 Å². The molecule has 3 aromatic carbocycles. The number of hydrogen-bond acceptors (Lipinski definition) is 4. The lowest BCUT2D eigenvalue weighted by Gasteiger charge is -2.38. The highest BCUT2D eigenvalue weighted by Gasteiger charge is 2.32. The first-order chi connectivity index (χ1) is 16.9. The third-order valence-corrected chi connectivity index (χ3v) is 6.99. The zero-order valence-electron chi connectivity index (χ0n) is 19.9. The predicted octanol–water partition coefficient (Wildman–Crippen LogP) is 6.46. The van der Waals surface area contributed by atoms with Crippen LogP contribution in [0.5, 0.6) is 17.2 Å². The minimum absolute atomic E-state index is 0.219. The van der Waals surface area contributed by atoms with Crippen molar-refractivity contribution in [3.05, 3.63) is 89.0 Å². The number of nitrogens with zero attached hydrogens (tertiary/aromatic N) is 1. The smallest absolute Gasteiger partial charge is 0.176 e. The highest BCUT2D eigenvalue weighted by atomic mass is 19.1. The summed E-state index contributed by atoms with van der Waals surface area (Å²) in [6.45, 7) is 7.87. The van der Waals surface area contributed by atoms with Gasteiger partial charge in [-0.15, -0.1) is 0 Å². The summed E-state index contributed by atoms with van der Waals surface area (Å²) in [6.07, 6.45) is 0.701. The molecule has 6 heteroatoms. The summed E-state index contributed by atoms with van der Waals surface area (Å²) in [7, 11) is 0. The number of likely N-dealkylation sites (tertiary alicyclic amines) is 1. The van der Waals surface area contributed by atoms with Crippen molar-refractivity contribution >= 4 is 11.1 Å². The molecule has 0 amide bonds. The Morgan fingerprint density at radius 2 is 1.71 bits per heavy atom. The molecule has 1 N–H and O–H groups in total. The van der Waals surface area contributed by atoms with Crippen LogP contribution in [0, 0.1) is 17.6 Å². The van der Waals surface area contributed by atoms with Gasteiger partial charge in [-0.2, -0.15) is 0 Å². The topological polar surface area (TPSA) is 41.9 Å². The maximum atomic E-state index is 14.9. The SMILES string of the molecule is CCC1CN(CCOc2ccc(C3Oc4ccc(O)c(F)c4C(C)=C3c3ccc(F)cc3)cc2)C1. The summed E-state index contributed by atoms with van der Waals surface area (Å²) < 4.78 is 40.7. The molecule has 2 heterocycles. The molecule has 0 saturated carbocycles. The van der Waals surface area contributed by atoms with E-state index in [-0.39, 0.29) is 11.4 Å². The van der Waals surface area contributed by atoms with E-state index in [2.05, 4.69) is 11.8 Å². The van der Waals surface area contributed by atoms with Crippen LogP contribution in [0.1, 0.15) is 43.1 Å². The molecular formula is C29H29F2NO3. The molecule has 3 aromatic rings. The van der Waals surface area contributed by atoms with E-state index in [0.29, 0.717) is 17.9 Å². The van der Waals surface area contributed by atoms with Crippen molar-refractivity contribution in [2.24, 2.45) is 5.92 Å². The quantitative estimate of drug-likeness (QED) is 0.424. The number of aromatic hydroxyl groups is 1. The van der Waals surface area contributed by atoms with E-state index in [9.17, 15) is 13.9 Å². The number of ether oxygens (including phenoxy) is 2. The number of hydrogen-bond donors (Lipinski definition) is 1. The van der Waals surface area contributed by atoms with Crippen LogP contribution in [0.3, 0.4) is 0 Å². The van der Waals surface area contributed by atoms with Crippen LogP contribution in [0.15, 0.2) is 60.7 Å². The lowest BCUT2D eigenvalue weighted by Crippen LogP contribution is -2.47. The molecule has 2 aliphatic heterocycles. The van der Waals surface area contributed by atoms with Crippen LogP contribution in [0.4, 0.5) is 8.78 Å². The van der Waals surface area contributed by atoms with Gasteiger partial charge in [-0.05, 0) is 65.9 Å². The van der Waals surface area contributed by atoms with Gasteiger partial charge in [-0.25, -0.2) is 8.78 Å². The Hall–Kier alpha value is -3.38. The van der Waals surface area contributed by atoms with Crippen LogP contribution in [-0.2, 0) is 0 Å². The average molecular weight is 478 g/mol. The number of phenols is 1. The molecule has 5 rings (SSSR count). The van der Waals surface area contributed by atoms with Crippen LogP contribution < -0.4 is 9.47 Å². The van der Waals surface area contributed by atoms with Crippen molar-refractivity contribution in [2.45, 2.75) is 26.4 Å². The van der Waals surface area contributed by atoms with Crippen LogP contribution >= 0.6 is 0 Å². The van der Waals surface area contributed by atoms with Crippen LogP contribution in [-0.4, -0.2) is 36.2 Å². The van der Waals surface area contributed by atoms with Crippen LogP contribution in [0.25, 0.3) is 11.1 Å². The molecule has 1 atom stereocenters. The summed E-state index contributed by atoms with van der Waals surface area (Å²) in [5.41, 5.74) is 3.17. The Labute approximate surface area is 204 Å². The monoisotopic (exact) mass is 477 g/mol. The molecule has 0 aromatic heterocycles. The van der Waals surface area contributed by atoms with Crippen molar-refractivity contribution in [2.75, 3.05) is 26.2 Å². The predicted molar refractivity (Wildman–Crippen MR) is 132 cm³/mol. The molecule has 35 heavy (non-hydrogen) atoms. The van der Waals surface area contributed by atoms with Gasteiger partial charge in [0.2, 0.25) is 0 Å². The molecule has 0 aliphatic carbocycles. The Bertz CT molecular complexity index is 1230. The molecule has 182 valence electrons. The van der Waals surface area contributed by atoms with Gasteiger partial charge in [0.05, 0.1) is 5.56 Å². The second kappa shape index (κ2) is 9.70. The molecule has 4 nitrogen and oxygen atoms in total. The van der Waals surface area contributed by atoms with Gasteiger partial charge in [0, 0.05) is 25.2 Å². The van der Waals surface area contributed by atoms with Gasteiger partial charge < -0.3 is 14.6 Å². The van der Waals surface area contributed by atoms with Gasteiger partial charge in [-0.3, -0.25) is 4.90 Å². The molecular weight excluding hydrogens is 448 g/mol. The second-order valence-corrected chi connectivity index (χ2v) is 9.27. The largest absolute Gasteiger partial charge is 0.505 e. The Morgan fingerprint density at radius 1 is 1.00 bits per heavy atom. The highest BCUT2D eigenvalue weighted by molar-refractivity contribution is 5.95. The number of allylic oxidation sites excluding steroid dienone is 1. The van der Waals surface area contributed by atoms with Crippen molar-refractivity contribution in [1.29, 1.82) is 0 Å². The van der Waals surface area contributed by atoms with E-state index in [4.69, 9.17) is 9.47 Å². The van der Waals surface area contributed by atoms with Crippen molar-refractivity contribution in [1.82, 2.24) is 4.90 Å². The molecule has 1 fully saturated rings. The number of rotatable bonds is 7. The van der Waals surface area contributed by atoms with E-state index in [0.717, 1.165) is 48.0 Å². The lowest BCUT2D eigenvalue weighted by atomic mass is 9.86. The Morgan fingerprint density at radius 3 is 2.40 bits per heavy atom. The van der Waals surface area contributed by atoms with E-state index in [1.165, 1.54) is 24.6 Å². The normalized spacial score (nSPS) is 18.1. The minimum Gasteiger partial charge on any atom is -0.505 e. The number of phenolic OH excluding ortho intramolecular Hbond substituents is 1. The summed E-state index contributed by atoms with van der Waals surface area (Å²) >= 11 is 0. The van der Waals surface area contributed by atoms with Crippen LogP contribution in [0.2, 0.25) is 0 Å². The molecule has 0 spiro atoms. The van der Waals surface area contributed by atoms with Gasteiger partial charge in [0.15, 0.2) is 11.6 Å². The lowest BCUT2D eigenvalue weighted by molar-refractivity contribution is 0.0806. The zero-order valence-corrected chi connectivity index (χ0v) is 19.9. The first-order valence-electron chi connectivity index (χ1n) is 12.0. The summed E-state index contributed by atoms with van der Waals surface area (Å²) in [5, 5.41) is 9.93. The first kappa shape index (κ1) is 23.4. The summed E-state index contributed by atoms with van der Waals surface area (Å²) in [5.74, 6) is 0.433. The third-order valence-electron chi connectivity index (χ3n) is 6.99. The number of halogens is 2. The van der Waals surface area contributed by atoms with Gasteiger partial charge >= 0.3 is 0 Å². The fourth-order valence-corrected chi connectivity index (χ4v) is 4.89. The number of benzene rings is 3. The van der Waals surface area contributed by atoms with Gasteiger partial charge in [-0.1, -0.05) is 37.6 Å². The Kier molecular flexibility index (Phi) is 6.48. The second-order valence-electron chi connectivity index (χ2n) is 9.27. The molecule has 0 radical (unpaired) electrons. The van der Waals surface area contributed by atoms with E-state index in [1.54, 1.807) is 25.1 Å². The summed E-state index contributed by atoms with van der Waals surface area (Å²) in [6, 6.07) is 16.6. The summed E-state index contributed by atoms with van der Waals surface area (Å²) in [4.78, 5) is 2.40. The maximum absolute atomic E-state index is 14.9. The average Bonchev–Trinajstić information content (AvgIpc) is 2.84. The molecule has 2 aliphatic rings. The fraction of sp³-hybridized carbons (Fsp3) is 0.310. The fourth-order valence-electron chi connectivity index (χ4n) is 4.89. The molecule has 0 bridgehead atoms. The maximum Gasteiger partial charge on any atom is 0.176 e. The van der Waals surface area contributed by atoms with Crippen molar-refractivity contribution < 1.29 is 23.4 Å². The van der Waals surface area contributed by atoms with Gasteiger partial charge in [0.25, 0.3) is 0 Å². The Balaban J connectivity index is 1.40. The van der Waals surface area contributed by atoms with E-state index >= 15 is 0 Å². The first-order valence-corrected chi connectivity index (χ1v) is 12.0. The standard InChI is InChI=1S/C29H29F2NO3/c1-3-19-16-32(17-19)14-15-34-23-10-6-21(7-11-23)29-26(20-4-8-22(30)9-5-20)18(2)27-25(35-29)13-12-24(33)28(27)31/h4-13,19,29,33H,3,14-17H2,1-2H3. The number of fused-ring (bicyclic) bond motifs is 1. The molecule has 1 saturated heterocycles. The highest BCUT2D eigenvalue weighted by Crippen LogP contribution is 2.48. The zero-order chi connectivity index (χ0) is 24.5. The minimum atomic E-state index is -0.728. The van der Waals surface area contributed by atoms with E-state index in [1.807, 2.05) is 24.3 Å². The van der Waals surface area contributed by atoms with Crippen molar-refractivity contribution in [3.8, 4) is 17.2 Å². The molecule has 1 unspecified atom stereocenters. The van der Waals surface area contributed by atoms with Gasteiger partial charge in [0.1, 0.15) is 30.0 Å².